The first-order valence-corrected chi connectivity index (χ1v) is 13.5. The highest BCUT2D eigenvalue weighted by molar-refractivity contribution is 5.17. The van der Waals surface area contributed by atoms with Crippen molar-refractivity contribution in [3.05, 3.63) is 0 Å². The maximum absolute atomic E-state index is 11.6. The molecule has 0 amide bonds. The third-order valence-corrected chi connectivity index (χ3v) is 11.9. The van der Waals surface area contributed by atoms with Crippen molar-refractivity contribution in [2.24, 2.45) is 46.3 Å². The lowest BCUT2D eigenvalue weighted by atomic mass is 9.42. The van der Waals surface area contributed by atoms with Crippen LogP contribution >= 0.6 is 0 Å². The molecule has 0 unspecified atom stereocenters. The van der Waals surface area contributed by atoms with Crippen molar-refractivity contribution in [2.75, 3.05) is 0 Å². The molecule has 4 aliphatic carbocycles. The zero-order chi connectivity index (χ0) is 23.7. The summed E-state index contributed by atoms with van der Waals surface area (Å²) in [6.45, 7) is 13.2. The van der Waals surface area contributed by atoms with Crippen LogP contribution in [0.1, 0.15) is 106 Å². The average Bonchev–Trinajstić information content (AvgIpc) is 3.05. The number of fused-ring (bicyclic) bond motifs is 5. The van der Waals surface area contributed by atoms with Gasteiger partial charge in [-0.15, -0.1) is 0 Å². The minimum Gasteiger partial charge on any atom is -0.393 e. The minimum absolute atomic E-state index is 0.290. The van der Waals surface area contributed by atoms with Crippen LogP contribution in [0.4, 0.5) is 0 Å². The molecule has 0 aliphatic heterocycles. The van der Waals surface area contributed by atoms with Crippen molar-refractivity contribution in [1.29, 1.82) is 0 Å². The van der Waals surface area contributed by atoms with Gasteiger partial charge in [-0.05, 0) is 106 Å². The van der Waals surface area contributed by atoms with Crippen molar-refractivity contribution in [1.82, 2.24) is 0 Å². The SMILES string of the molecule is C[C@H](CC[C@H](C)C(C)(C)O)[C@@H]1CC[C@@H]2[C@H]3C[C@@H](O)[C@@]4(O)C[C@@H](O)CC[C@]4(C)[C@H]3CC[C@@]21C. The Kier molecular flexibility index (Phi) is 6.40. The molecule has 0 heterocycles. The molecule has 4 nitrogen and oxygen atoms in total. The summed E-state index contributed by atoms with van der Waals surface area (Å²) >= 11 is 0. The summed E-state index contributed by atoms with van der Waals surface area (Å²) < 4.78 is 0. The third-order valence-electron chi connectivity index (χ3n) is 11.9. The minimum atomic E-state index is -1.14. The molecule has 4 heteroatoms. The molecular weight excluding hydrogens is 400 g/mol. The van der Waals surface area contributed by atoms with E-state index in [-0.39, 0.29) is 5.41 Å². The summed E-state index contributed by atoms with van der Waals surface area (Å²) in [7, 11) is 0. The topological polar surface area (TPSA) is 80.9 Å². The molecule has 0 aromatic heterocycles. The van der Waals surface area contributed by atoms with Gasteiger partial charge in [0, 0.05) is 11.8 Å². The molecule has 4 rings (SSSR count). The molecule has 4 saturated carbocycles. The van der Waals surface area contributed by atoms with Crippen LogP contribution in [-0.2, 0) is 0 Å². The maximum Gasteiger partial charge on any atom is 0.0985 e. The van der Waals surface area contributed by atoms with Gasteiger partial charge in [0.05, 0.1) is 23.4 Å². The Balaban J connectivity index is 1.51. The lowest BCUT2D eigenvalue weighted by molar-refractivity contribution is -0.264. The lowest BCUT2D eigenvalue weighted by Crippen LogP contribution is -2.68. The molecule has 4 fully saturated rings. The highest BCUT2D eigenvalue weighted by Gasteiger charge is 2.67. The van der Waals surface area contributed by atoms with Crippen molar-refractivity contribution in [3.8, 4) is 0 Å². The molecular formula is C28H50O4. The quantitative estimate of drug-likeness (QED) is 0.479. The summed E-state index contributed by atoms with van der Waals surface area (Å²) in [6.07, 6.45) is 8.50. The molecule has 4 aliphatic rings. The van der Waals surface area contributed by atoms with Crippen LogP contribution < -0.4 is 0 Å². The van der Waals surface area contributed by atoms with Gasteiger partial charge in [0.25, 0.3) is 0 Å². The van der Waals surface area contributed by atoms with E-state index in [4.69, 9.17) is 0 Å². The van der Waals surface area contributed by atoms with E-state index in [9.17, 15) is 20.4 Å². The highest BCUT2D eigenvalue weighted by Crippen LogP contribution is 2.69. The summed E-state index contributed by atoms with van der Waals surface area (Å²) in [5.74, 6) is 3.22. The molecule has 0 radical (unpaired) electrons. The molecule has 4 N–H and O–H groups in total. The Labute approximate surface area is 196 Å². The molecule has 0 spiro atoms. The number of rotatable bonds is 5. The van der Waals surface area contributed by atoms with Gasteiger partial charge in [-0.25, -0.2) is 0 Å². The fraction of sp³-hybridized carbons (Fsp3) is 1.00. The number of aliphatic hydroxyl groups is 4. The second-order valence-corrected chi connectivity index (χ2v) is 13.7. The second-order valence-electron chi connectivity index (χ2n) is 13.7. The first-order valence-electron chi connectivity index (χ1n) is 13.5. The fourth-order valence-electron chi connectivity index (χ4n) is 9.30. The highest BCUT2D eigenvalue weighted by atomic mass is 16.3. The largest absolute Gasteiger partial charge is 0.393 e. The first kappa shape index (κ1) is 24.9. The van der Waals surface area contributed by atoms with Crippen molar-refractivity contribution < 1.29 is 20.4 Å². The Morgan fingerprint density at radius 2 is 1.62 bits per heavy atom. The number of hydrogen-bond donors (Lipinski definition) is 4. The molecule has 11 atom stereocenters. The Bertz CT molecular complexity index is 687. The van der Waals surface area contributed by atoms with Gasteiger partial charge in [0.1, 0.15) is 0 Å². The Morgan fingerprint density at radius 3 is 2.28 bits per heavy atom. The molecule has 0 aromatic carbocycles. The van der Waals surface area contributed by atoms with E-state index >= 15 is 0 Å². The zero-order valence-corrected chi connectivity index (χ0v) is 21.5. The predicted molar refractivity (Wildman–Crippen MR) is 128 cm³/mol. The van der Waals surface area contributed by atoms with Crippen LogP contribution in [0.2, 0.25) is 0 Å². The van der Waals surface area contributed by atoms with Gasteiger partial charge >= 0.3 is 0 Å². The van der Waals surface area contributed by atoms with Crippen LogP contribution in [0.3, 0.4) is 0 Å². The molecule has 0 aromatic rings. The van der Waals surface area contributed by atoms with E-state index in [1.54, 1.807) is 0 Å². The van der Waals surface area contributed by atoms with Crippen LogP contribution in [-0.4, -0.2) is 43.8 Å². The standard InChI is InChI=1S/C28H50O4/c1-17(7-8-18(2)25(3,4)31)21-9-10-22-20-15-24(30)28(32)16-19(29)11-14-27(28,6)23(20)12-13-26(21,22)5/h17-24,29-32H,7-16H2,1-6H3/t17-,18+,19+,20-,21+,22-,23+,24-,26-,27-,28+/m1/s1. The average molecular weight is 451 g/mol. The van der Waals surface area contributed by atoms with E-state index in [0.29, 0.717) is 53.8 Å². The predicted octanol–water partition coefficient (Wildman–Crippen LogP) is 4.92. The Morgan fingerprint density at radius 1 is 0.938 bits per heavy atom. The van der Waals surface area contributed by atoms with Gasteiger partial charge < -0.3 is 20.4 Å². The van der Waals surface area contributed by atoms with Crippen LogP contribution in [0.25, 0.3) is 0 Å². The van der Waals surface area contributed by atoms with Crippen LogP contribution in [0.5, 0.6) is 0 Å². The van der Waals surface area contributed by atoms with E-state index in [1.165, 1.54) is 25.7 Å². The first-order chi connectivity index (χ1) is 14.7. The van der Waals surface area contributed by atoms with Gasteiger partial charge in [-0.2, -0.15) is 0 Å². The van der Waals surface area contributed by atoms with Gasteiger partial charge in [-0.1, -0.05) is 34.1 Å². The molecule has 0 bridgehead atoms. The van der Waals surface area contributed by atoms with Gasteiger partial charge in [0.15, 0.2) is 0 Å². The maximum atomic E-state index is 11.6. The summed E-state index contributed by atoms with van der Waals surface area (Å²) in [5.41, 5.74) is -1.73. The lowest BCUT2D eigenvalue weighted by Gasteiger charge is -2.65. The third kappa shape index (κ3) is 3.71. The van der Waals surface area contributed by atoms with E-state index in [1.807, 2.05) is 13.8 Å². The van der Waals surface area contributed by atoms with Crippen LogP contribution in [0.15, 0.2) is 0 Å². The smallest absolute Gasteiger partial charge is 0.0985 e. The summed E-state index contributed by atoms with van der Waals surface area (Å²) in [6, 6.07) is 0. The second kappa shape index (κ2) is 8.21. The van der Waals surface area contributed by atoms with E-state index in [2.05, 4.69) is 27.7 Å². The Hall–Kier alpha value is -0.160. The van der Waals surface area contributed by atoms with Gasteiger partial charge in [-0.3, -0.25) is 0 Å². The number of aliphatic hydroxyl groups excluding tert-OH is 2. The molecule has 0 saturated heterocycles. The summed E-state index contributed by atoms with van der Waals surface area (Å²) in [5, 5.41) is 43.5. The normalized spacial score (nSPS) is 50.8. The van der Waals surface area contributed by atoms with E-state index < -0.39 is 23.4 Å². The monoisotopic (exact) mass is 450 g/mol. The molecule has 186 valence electrons. The number of hydrogen-bond acceptors (Lipinski definition) is 4. The van der Waals surface area contributed by atoms with Crippen molar-refractivity contribution in [2.45, 2.75) is 129 Å². The van der Waals surface area contributed by atoms with Gasteiger partial charge in [0.2, 0.25) is 0 Å². The zero-order valence-electron chi connectivity index (χ0n) is 21.5. The fourth-order valence-corrected chi connectivity index (χ4v) is 9.30. The summed E-state index contributed by atoms with van der Waals surface area (Å²) in [4.78, 5) is 0. The van der Waals surface area contributed by atoms with Crippen molar-refractivity contribution in [3.63, 3.8) is 0 Å². The van der Waals surface area contributed by atoms with E-state index in [0.717, 1.165) is 25.7 Å². The van der Waals surface area contributed by atoms with Crippen molar-refractivity contribution >= 4 is 0 Å². The molecule has 32 heavy (non-hydrogen) atoms. The van der Waals surface area contributed by atoms with Crippen LogP contribution in [0, 0.1) is 46.3 Å².